The van der Waals surface area contributed by atoms with E-state index in [9.17, 15) is 9.90 Å². The number of fused-ring (bicyclic) bond motifs is 1. The minimum absolute atomic E-state index is 0. The number of hydrogen-bond donors (Lipinski definition) is 4. The Bertz CT molecular complexity index is 1070. The summed E-state index contributed by atoms with van der Waals surface area (Å²) in [5, 5.41) is 21.7. The number of rotatable bonds is 7. The fraction of sp³-hybridized carbons (Fsp3) is 0.304. The molecule has 1 unspecified atom stereocenters. The second-order valence-electron chi connectivity index (χ2n) is 7.61. The number of carboxylic acids is 1. The van der Waals surface area contributed by atoms with Crippen LogP contribution in [0.1, 0.15) is 34.8 Å². The van der Waals surface area contributed by atoms with Crippen molar-refractivity contribution in [2.24, 2.45) is 5.73 Å². The summed E-state index contributed by atoms with van der Waals surface area (Å²) >= 11 is 1.58. The van der Waals surface area contributed by atoms with Gasteiger partial charge in [0.1, 0.15) is 17.7 Å². The maximum absolute atomic E-state index is 12.0. The van der Waals surface area contributed by atoms with Gasteiger partial charge in [0.25, 0.3) is 0 Å². The van der Waals surface area contributed by atoms with Crippen LogP contribution in [0.25, 0.3) is 10.1 Å². The van der Waals surface area contributed by atoms with E-state index in [1.807, 2.05) is 48.5 Å². The van der Waals surface area contributed by atoms with Crippen molar-refractivity contribution in [2.45, 2.75) is 31.3 Å². The van der Waals surface area contributed by atoms with E-state index < -0.39 is 11.9 Å². The Morgan fingerprint density at radius 3 is 2.47 bits per heavy atom. The molecule has 2 heterocycles. The normalized spacial score (nSPS) is 14.8. The third kappa shape index (κ3) is 6.13. The smallest absolute Gasteiger partial charge is 0.311 e. The summed E-state index contributed by atoms with van der Waals surface area (Å²) in [5.74, 6) is -0.657. The van der Waals surface area contributed by atoms with Crippen molar-refractivity contribution in [3.8, 4) is 5.75 Å². The van der Waals surface area contributed by atoms with Crippen LogP contribution in [0.3, 0.4) is 0 Å². The topological polar surface area (TPSA) is 108 Å². The number of carbonyl (C=O) groups is 1. The Morgan fingerprint density at radius 2 is 1.84 bits per heavy atom. The number of benzene rings is 2. The lowest BCUT2D eigenvalue weighted by molar-refractivity contribution is -0.138. The molecule has 0 bridgehead atoms. The molecule has 3 aromatic rings. The first-order chi connectivity index (χ1) is 14.5. The summed E-state index contributed by atoms with van der Waals surface area (Å²) in [6.07, 6.45) is 2.59. The average Bonchev–Trinajstić information content (AvgIpc) is 3.15. The number of amidine groups is 1. The zero-order chi connectivity index (χ0) is 21.1. The van der Waals surface area contributed by atoms with Gasteiger partial charge in [0.2, 0.25) is 0 Å². The summed E-state index contributed by atoms with van der Waals surface area (Å²) in [5.41, 5.74) is 7.01. The van der Waals surface area contributed by atoms with E-state index in [1.165, 1.54) is 0 Å². The van der Waals surface area contributed by atoms with E-state index >= 15 is 0 Å². The minimum Gasteiger partial charge on any atom is -0.490 e. The van der Waals surface area contributed by atoms with E-state index in [0.717, 1.165) is 52.2 Å². The average molecular weight is 496 g/mol. The predicted octanol–water partition coefficient (Wildman–Crippen LogP) is 4.57. The third-order valence-electron chi connectivity index (χ3n) is 5.45. The molecule has 0 saturated carbocycles. The number of nitrogen functional groups attached to an aromatic ring is 1. The molecule has 5 N–H and O–H groups in total. The molecule has 2 aromatic carbocycles. The highest BCUT2D eigenvalue weighted by molar-refractivity contribution is 7.19. The van der Waals surface area contributed by atoms with Gasteiger partial charge in [-0.2, -0.15) is 0 Å². The van der Waals surface area contributed by atoms with E-state index in [0.29, 0.717) is 12.0 Å². The first kappa shape index (κ1) is 25.9. The fourth-order valence-electron chi connectivity index (χ4n) is 3.80. The third-order valence-corrected chi connectivity index (χ3v) is 6.59. The molecule has 1 aliphatic rings. The number of thiophene rings is 1. The van der Waals surface area contributed by atoms with Gasteiger partial charge in [0.15, 0.2) is 0 Å². The maximum atomic E-state index is 12.0. The largest absolute Gasteiger partial charge is 0.490 e. The predicted molar refractivity (Wildman–Crippen MR) is 134 cm³/mol. The molecular weight excluding hydrogens is 469 g/mol. The lowest BCUT2D eigenvalue weighted by Crippen LogP contribution is -2.34. The van der Waals surface area contributed by atoms with Gasteiger partial charge < -0.3 is 20.9 Å². The Labute approximate surface area is 203 Å². The molecule has 1 aliphatic heterocycles. The number of carboxylic acid groups (broad SMARTS) is 1. The van der Waals surface area contributed by atoms with Gasteiger partial charge in [-0.15, -0.1) is 36.2 Å². The van der Waals surface area contributed by atoms with Crippen LogP contribution < -0.4 is 15.8 Å². The number of hydrogen-bond acceptors (Lipinski definition) is 5. The number of nitrogens with two attached hydrogens (primary N) is 1. The van der Waals surface area contributed by atoms with Gasteiger partial charge in [-0.1, -0.05) is 12.1 Å². The van der Waals surface area contributed by atoms with Gasteiger partial charge in [0, 0.05) is 15.1 Å². The van der Waals surface area contributed by atoms with Gasteiger partial charge >= 0.3 is 5.97 Å². The van der Waals surface area contributed by atoms with Crippen molar-refractivity contribution in [2.75, 3.05) is 13.1 Å². The number of ether oxygens (including phenoxy) is 1. The first-order valence-electron chi connectivity index (χ1n) is 10.1. The van der Waals surface area contributed by atoms with Crippen molar-refractivity contribution in [1.29, 1.82) is 5.41 Å². The SMILES string of the molecule is Cl.Cl.N=C(N)c1ccc2sc(CC(C(=O)O)c3ccc(OC4CCNCC4)cc3)cc2c1. The fourth-order valence-corrected chi connectivity index (χ4v) is 4.89. The molecule has 32 heavy (non-hydrogen) atoms. The molecule has 4 rings (SSSR count). The Balaban J connectivity index is 0.00000181. The summed E-state index contributed by atoms with van der Waals surface area (Å²) in [4.78, 5) is 13.0. The number of piperidine rings is 1. The molecule has 0 aliphatic carbocycles. The molecule has 172 valence electrons. The lowest BCUT2D eigenvalue weighted by atomic mass is 9.95. The molecule has 1 aromatic heterocycles. The maximum Gasteiger partial charge on any atom is 0.311 e. The minimum atomic E-state index is -0.844. The quantitative estimate of drug-likeness (QED) is 0.283. The summed E-state index contributed by atoms with van der Waals surface area (Å²) in [6, 6.07) is 15.1. The van der Waals surface area contributed by atoms with Crippen LogP contribution >= 0.6 is 36.2 Å². The van der Waals surface area contributed by atoms with Crippen molar-refractivity contribution < 1.29 is 14.6 Å². The van der Waals surface area contributed by atoms with Crippen LogP contribution in [-0.2, 0) is 11.2 Å². The van der Waals surface area contributed by atoms with Crippen LogP contribution in [0.15, 0.2) is 48.5 Å². The number of nitrogens with one attached hydrogen (secondary N) is 2. The van der Waals surface area contributed by atoms with Crippen LogP contribution in [0, 0.1) is 5.41 Å². The monoisotopic (exact) mass is 495 g/mol. The number of aliphatic carboxylic acids is 1. The molecular formula is C23H27Cl2N3O3S. The summed E-state index contributed by atoms with van der Waals surface area (Å²) in [7, 11) is 0. The van der Waals surface area contributed by atoms with Gasteiger partial charge in [-0.25, -0.2) is 0 Å². The molecule has 0 radical (unpaired) electrons. The van der Waals surface area contributed by atoms with Gasteiger partial charge in [-0.05, 0) is 79.7 Å². The Kier molecular flexibility index (Phi) is 9.33. The summed E-state index contributed by atoms with van der Waals surface area (Å²) in [6.45, 7) is 1.93. The van der Waals surface area contributed by atoms with Crippen molar-refractivity contribution in [1.82, 2.24) is 5.32 Å². The Morgan fingerprint density at radius 1 is 1.16 bits per heavy atom. The molecule has 1 atom stereocenters. The number of halogens is 2. The second kappa shape index (κ2) is 11.5. The molecule has 6 nitrogen and oxygen atoms in total. The first-order valence-corrected chi connectivity index (χ1v) is 10.9. The highest BCUT2D eigenvalue weighted by Crippen LogP contribution is 2.32. The second-order valence-corrected chi connectivity index (χ2v) is 8.78. The van der Waals surface area contributed by atoms with Crippen molar-refractivity contribution in [3.05, 3.63) is 64.5 Å². The zero-order valence-electron chi connectivity index (χ0n) is 17.4. The standard InChI is InChI=1S/C23H25N3O3S.2ClH/c24-22(25)15-3-6-21-16(11-15)12-19(30-21)13-20(23(27)28)14-1-4-17(5-2-14)29-18-7-9-26-10-8-18;;/h1-6,11-12,18,20,26H,7-10,13H2,(H3,24,25)(H,27,28);2*1H. The molecule has 1 saturated heterocycles. The Hall–Kier alpha value is -2.32. The zero-order valence-corrected chi connectivity index (χ0v) is 19.8. The lowest BCUT2D eigenvalue weighted by Gasteiger charge is -2.24. The van der Waals surface area contributed by atoms with Crippen molar-refractivity contribution >= 4 is 58.0 Å². The van der Waals surface area contributed by atoms with Gasteiger partial charge in [-0.3, -0.25) is 10.2 Å². The highest BCUT2D eigenvalue weighted by Gasteiger charge is 2.22. The molecule has 0 spiro atoms. The van der Waals surface area contributed by atoms with E-state index in [-0.39, 0.29) is 36.8 Å². The van der Waals surface area contributed by atoms with Crippen LogP contribution in [-0.4, -0.2) is 36.1 Å². The van der Waals surface area contributed by atoms with Crippen LogP contribution in [0.2, 0.25) is 0 Å². The van der Waals surface area contributed by atoms with E-state index in [2.05, 4.69) is 5.32 Å². The van der Waals surface area contributed by atoms with Crippen molar-refractivity contribution in [3.63, 3.8) is 0 Å². The van der Waals surface area contributed by atoms with Gasteiger partial charge in [0.05, 0.1) is 5.92 Å². The molecule has 0 amide bonds. The van der Waals surface area contributed by atoms with Crippen LogP contribution in [0.4, 0.5) is 0 Å². The van der Waals surface area contributed by atoms with E-state index in [4.69, 9.17) is 15.9 Å². The van der Waals surface area contributed by atoms with E-state index in [1.54, 1.807) is 11.3 Å². The summed E-state index contributed by atoms with van der Waals surface area (Å²) < 4.78 is 7.09. The van der Waals surface area contributed by atoms with Crippen LogP contribution in [0.5, 0.6) is 5.75 Å². The highest BCUT2D eigenvalue weighted by atomic mass is 35.5. The molecule has 9 heteroatoms. The molecule has 1 fully saturated rings.